The fraction of sp³-hybridized carbons (Fsp3) is 0.588. The Hall–Kier alpha value is -1.39. The smallest absolute Gasteiger partial charge is 0.238 e. The number of hydrogen-bond donors (Lipinski definition) is 2. The molecule has 1 aliphatic rings. The van der Waals surface area contributed by atoms with Gasteiger partial charge >= 0.3 is 0 Å². The van der Waals surface area contributed by atoms with Gasteiger partial charge in [-0.05, 0) is 36.5 Å². The summed E-state index contributed by atoms with van der Waals surface area (Å²) in [5.41, 5.74) is 8.20. The van der Waals surface area contributed by atoms with Crippen LogP contribution in [0, 0.1) is 5.92 Å². The highest BCUT2D eigenvalue weighted by Crippen LogP contribution is 2.15. The number of nitrogens with one attached hydrogen (secondary N) is 1. The summed E-state index contributed by atoms with van der Waals surface area (Å²) in [7, 11) is 0. The van der Waals surface area contributed by atoms with Gasteiger partial charge in [0.25, 0.3) is 0 Å². The molecular weight excluding hydrogens is 262 g/mol. The fourth-order valence-corrected chi connectivity index (χ4v) is 3.09. The molecule has 2 rings (SSSR count). The third-order valence-corrected chi connectivity index (χ3v) is 3.91. The Bertz CT molecular complexity index is 448. The molecule has 0 bridgehead atoms. The standard InChI is InChI=1S/C17H27N3O/c1-3-4-14-5-7-16(8-6-14)19-17(21)12-20-10-13(2)9-15(18)11-20/h5-8,13,15H,3-4,9-12,18H2,1-2H3,(H,19,21). The highest BCUT2D eigenvalue weighted by Gasteiger charge is 2.23. The van der Waals surface area contributed by atoms with Crippen LogP contribution in [-0.4, -0.2) is 36.5 Å². The molecule has 1 saturated heterocycles. The van der Waals surface area contributed by atoms with Crippen molar-refractivity contribution in [3.8, 4) is 0 Å². The Morgan fingerprint density at radius 1 is 1.33 bits per heavy atom. The molecular formula is C17H27N3O. The van der Waals surface area contributed by atoms with Crippen LogP contribution in [0.4, 0.5) is 5.69 Å². The molecule has 1 aliphatic heterocycles. The number of carbonyl (C=O) groups is 1. The van der Waals surface area contributed by atoms with Crippen molar-refractivity contribution in [1.29, 1.82) is 0 Å². The minimum atomic E-state index is 0.0412. The fourth-order valence-electron chi connectivity index (χ4n) is 3.09. The molecule has 116 valence electrons. The molecule has 0 radical (unpaired) electrons. The third kappa shape index (κ3) is 5.14. The number of hydrogen-bond acceptors (Lipinski definition) is 3. The predicted octanol–water partition coefficient (Wildman–Crippen LogP) is 2.25. The lowest BCUT2D eigenvalue weighted by Crippen LogP contribution is -2.48. The van der Waals surface area contributed by atoms with Gasteiger partial charge in [0.15, 0.2) is 0 Å². The number of likely N-dealkylation sites (tertiary alicyclic amines) is 1. The van der Waals surface area contributed by atoms with E-state index in [0.29, 0.717) is 12.5 Å². The van der Waals surface area contributed by atoms with Crippen LogP contribution < -0.4 is 11.1 Å². The molecule has 1 aromatic rings. The van der Waals surface area contributed by atoms with Gasteiger partial charge in [-0.2, -0.15) is 0 Å². The summed E-state index contributed by atoms with van der Waals surface area (Å²) < 4.78 is 0. The number of nitrogens with two attached hydrogens (primary N) is 1. The zero-order valence-electron chi connectivity index (χ0n) is 13.1. The van der Waals surface area contributed by atoms with Crippen LogP contribution in [0.25, 0.3) is 0 Å². The first-order chi connectivity index (χ1) is 10.1. The lowest BCUT2D eigenvalue weighted by Gasteiger charge is -2.34. The molecule has 2 atom stereocenters. The van der Waals surface area contributed by atoms with E-state index in [1.54, 1.807) is 0 Å². The molecule has 1 aromatic carbocycles. The van der Waals surface area contributed by atoms with Crippen molar-refractivity contribution in [3.05, 3.63) is 29.8 Å². The molecule has 4 nitrogen and oxygen atoms in total. The van der Waals surface area contributed by atoms with E-state index in [2.05, 4.69) is 36.2 Å². The van der Waals surface area contributed by atoms with Crippen molar-refractivity contribution in [3.63, 3.8) is 0 Å². The predicted molar refractivity (Wildman–Crippen MR) is 87.3 cm³/mol. The highest BCUT2D eigenvalue weighted by atomic mass is 16.2. The van der Waals surface area contributed by atoms with E-state index in [9.17, 15) is 4.79 Å². The maximum absolute atomic E-state index is 12.1. The maximum atomic E-state index is 12.1. The molecule has 0 aromatic heterocycles. The van der Waals surface area contributed by atoms with Gasteiger partial charge in [-0.1, -0.05) is 32.4 Å². The quantitative estimate of drug-likeness (QED) is 0.874. The molecule has 1 fully saturated rings. The maximum Gasteiger partial charge on any atom is 0.238 e. The molecule has 2 unspecified atom stereocenters. The van der Waals surface area contributed by atoms with Crippen molar-refractivity contribution < 1.29 is 4.79 Å². The summed E-state index contributed by atoms with van der Waals surface area (Å²) in [6.07, 6.45) is 3.27. The van der Waals surface area contributed by atoms with Crippen molar-refractivity contribution in [2.24, 2.45) is 11.7 Å². The topological polar surface area (TPSA) is 58.4 Å². The summed E-state index contributed by atoms with van der Waals surface area (Å²) in [6, 6.07) is 8.31. The number of benzene rings is 1. The number of carbonyl (C=O) groups excluding carboxylic acids is 1. The summed E-state index contributed by atoms with van der Waals surface area (Å²) in [4.78, 5) is 14.3. The molecule has 0 saturated carbocycles. The lowest BCUT2D eigenvalue weighted by atomic mass is 9.97. The van der Waals surface area contributed by atoms with Crippen LogP contribution in [-0.2, 0) is 11.2 Å². The molecule has 21 heavy (non-hydrogen) atoms. The van der Waals surface area contributed by atoms with Crippen LogP contribution in [0.1, 0.15) is 32.3 Å². The van der Waals surface area contributed by atoms with E-state index >= 15 is 0 Å². The van der Waals surface area contributed by atoms with Crippen molar-refractivity contribution in [2.45, 2.75) is 39.2 Å². The minimum Gasteiger partial charge on any atom is -0.327 e. The first-order valence-electron chi connectivity index (χ1n) is 7.93. The Morgan fingerprint density at radius 2 is 2.05 bits per heavy atom. The molecule has 0 aliphatic carbocycles. The second-order valence-electron chi connectivity index (χ2n) is 6.29. The number of rotatable bonds is 5. The van der Waals surface area contributed by atoms with E-state index in [4.69, 9.17) is 5.73 Å². The number of aryl methyl sites for hydroxylation is 1. The minimum absolute atomic E-state index is 0.0412. The zero-order chi connectivity index (χ0) is 15.2. The van der Waals surface area contributed by atoms with Crippen LogP contribution >= 0.6 is 0 Å². The number of amides is 1. The van der Waals surface area contributed by atoms with E-state index < -0.39 is 0 Å². The second-order valence-corrected chi connectivity index (χ2v) is 6.29. The van der Waals surface area contributed by atoms with Crippen molar-refractivity contribution in [2.75, 3.05) is 25.0 Å². The first-order valence-corrected chi connectivity index (χ1v) is 7.93. The van der Waals surface area contributed by atoms with Crippen LogP contribution in [0.5, 0.6) is 0 Å². The average molecular weight is 289 g/mol. The monoisotopic (exact) mass is 289 g/mol. The summed E-state index contributed by atoms with van der Waals surface area (Å²) in [5.74, 6) is 0.606. The Kier molecular flexibility index (Phi) is 5.76. The van der Waals surface area contributed by atoms with Crippen LogP contribution in [0.2, 0.25) is 0 Å². The van der Waals surface area contributed by atoms with E-state index in [1.807, 2.05) is 12.1 Å². The van der Waals surface area contributed by atoms with E-state index in [-0.39, 0.29) is 11.9 Å². The average Bonchev–Trinajstić information content (AvgIpc) is 2.40. The van der Waals surface area contributed by atoms with Crippen LogP contribution in [0.15, 0.2) is 24.3 Å². The number of piperidine rings is 1. The van der Waals surface area contributed by atoms with Gasteiger partial charge in [0.2, 0.25) is 5.91 Å². The molecule has 3 N–H and O–H groups in total. The molecule has 4 heteroatoms. The third-order valence-electron chi connectivity index (χ3n) is 3.91. The normalized spacial score (nSPS) is 23.0. The number of nitrogens with zero attached hydrogens (tertiary/aromatic N) is 1. The van der Waals surface area contributed by atoms with Gasteiger partial charge in [-0.25, -0.2) is 0 Å². The largest absolute Gasteiger partial charge is 0.327 e. The van der Waals surface area contributed by atoms with Gasteiger partial charge in [0.05, 0.1) is 6.54 Å². The van der Waals surface area contributed by atoms with Crippen molar-refractivity contribution >= 4 is 11.6 Å². The van der Waals surface area contributed by atoms with Crippen LogP contribution in [0.3, 0.4) is 0 Å². The van der Waals surface area contributed by atoms with Gasteiger partial charge in [-0.3, -0.25) is 9.69 Å². The van der Waals surface area contributed by atoms with Gasteiger partial charge in [-0.15, -0.1) is 0 Å². The second kappa shape index (κ2) is 7.57. The van der Waals surface area contributed by atoms with E-state index in [0.717, 1.165) is 38.0 Å². The molecule has 1 amide bonds. The Balaban J connectivity index is 1.83. The van der Waals surface area contributed by atoms with Gasteiger partial charge in [0.1, 0.15) is 0 Å². The Morgan fingerprint density at radius 3 is 2.67 bits per heavy atom. The highest BCUT2D eigenvalue weighted by molar-refractivity contribution is 5.92. The molecule has 0 spiro atoms. The first kappa shape index (κ1) is 16.0. The Labute approximate surface area is 127 Å². The summed E-state index contributed by atoms with van der Waals surface area (Å²) in [6.45, 7) is 6.55. The molecule has 1 heterocycles. The van der Waals surface area contributed by atoms with E-state index in [1.165, 1.54) is 5.56 Å². The zero-order valence-corrected chi connectivity index (χ0v) is 13.1. The van der Waals surface area contributed by atoms with Gasteiger partial charge in [0, 0.05) is 24.8 Å². The lowest BCUT2D eigenvalue weighted by molar-refractivity contribution is -0.117. The van der Waals surface area contributed by atoms with Crippen molar-refractivity contribution in [1.82, 2.24) is 4.90 Å². The summed E-state index contributed by atoms with van der Waals surface area (Å²) >= 11 is 0. The van der Waals surface area contributed by atoms with Gasteiger partial charge < -0.3 is 11.1 Å². The summed E-state index contributed by atoms with van der Waals surface area (Å²) in [5, 5.41) is 2.97. The SMILES string of the molecule is CCCc1ccc(NC(=O)CN2CC(C)CC(N)C2)cc1. The number of anilines is 1.